The number of nitrogens with zero attached hydrogens (tertiary/aromatic N) is 1. The van der Waals surface area contributed by atoms with Crippen LogP contribution in [0.25, 0.3) is 0 Å². The molecule has 98 valence electrons. The van der Waals surface area contributed by atoms with E-state index in [1.807, 2.05) is 0 Å². The molecule has 6 heteroatoms. The van der Waals surface area contributed by atoms with Gasteiger partial charge in [-0.2, -0.15) is 0 Å². The summed E-state index contributed by atoms with van der Waals surface area (Å²) >= 11 is 2.11. The van der Waals surface area contributed by atoms with Crippen molar-refractivity contribution in [3.05, 3.63) is 31.9 Å². The number of halogens is 1. The Morgan fingerprint density at radius 2 is 2.39 bits per heavy atom. The highest BCUT2D eigenvalue weighted by Gasteiger charge is 2.15. The minimum absolute atomic E-state index is 0.129. The SMILES string of the molecule is O=[N+]([O-])c1ccc(NCCC2CCCO2)c(I)c1. The van der Waals surface area contributed by atoms with Crippen LogP contribution in [0.2, 0.25) is 0 Å². The number of benzene rings is 1. The minimum Gasteiger partial charge on any atom is -0.384 e. The van der Waals surface area contributed by atoms with Crippen molar-refractivity contribution in [1.29, 1.82) is 0 Å². The molecular formula is C12H15IN2O3. The number of nitro benzene ring substituents is 1. The second-order valence-electron chi connectivity index (χ2n) is 4.27. The maximum atomic E-state index is 10.6. The van der Waals surface area contributed by atoms with Gasteiger partial charge in [-0.25, -0.2) is 0 Å². The second-order valence-corrected chi connectivity index (χ2v) is 5.43. The molecule has 0 amide bonds. The molecule has 0 spiro atoms. The van der Waals surface area contributed by atoms with Gasteiger partial charge < -0.3 is 10.1 Å². The lowest BCUT2D eigenvalue weighted by Gasteiger charge is -2.12. The summed E-state index contributed by atoms with van der Waals surface area (Å²) < 4.78 is 6.41. The number of hydrogen-bond donors (Lipinski definition) is 1. The molecule has 1 saturated heterocycles. The van der Waals surface area contributed by atoms with Gasteiger partial charge in [0.1, 0.15) is 0 Å². The molecule has 1 atom stereocenters. The van der Waals surface area contributed by atoms with Crippen molar-refractivity contribution >= 4 is 34.0 Å². The van der Waals surface area contributed by atoms with Crippen molar-refractivity contribution in [3.63, 3.8) is 0 Å². The van der Waals surface area contributed by atoms with Gasteiger partial charge in [-0.3, -0.25) is 10.1 Å². The molecule has 0 bridgehead atoms. The summed E-state index contributed by atoms with van der Waals surface area (Å²) in [5.41, 5.74) is 1.07. The van der Waals surface area contributed by atoms with Gasteiger partial charge in [0.2, 0.25) is 0 Å². The monoisotopic (exact) mass is 362 g/mol. The van der Waals surface area contributed by atoms with E-state index in [0.29, 0.717) is 6.10 Å². The Labute approximate surface area is 119 Å². The fourth-order valence-electron chi connectivity index (χ4n) is 2.00. The normalized spacial score (nSPS) is 18.8. The standard InChI is InChI=1S/C12H15IN2O3/c13-11-8-9(15(16)17)3-4-12(11)14-6-5-10-2-1-7-18-10/h3-4,8,10,14H,1-2,5-7H2. The summed E-state index contributed by atoms with van der Waals surface area (Å²) in [6.07, 6.45) is 3.64. The van der Waals surface area contributed by atoms with Crippen molar-refractivity contribution in [3.8, 4) is 0 Å². The zero-order chi connectivity index (χ0) is 13.0. The lowest BCUT2D eigenvalue weighted by Crippen LogP contribution is -2.12. The topological polar surface area (TPSA) is 64.4 Å². The molecule has 1 aromatic carbocycles. The molecule has 5 nitrogen and oxygen atoms in total. The van der Waals surface area contributed by atoms with Crippen molar-refractivity contribution < 1.29 is 9.66 Å². The molecule has 1 aromatic rings. The predicted molar refractivity (Wildman–Crippen MR) is 77.9 cm³/mol. The van der Waals surface area contributed by atoms with E-state index in [1.54, 1.807) is 12.1 Å². The fraction of sp³-hybridized carbons (Fsp3) is 0.500. The highest BCUT2D eigenvalue weighted by molar-refractivity contribution is 14.1. The van der Waals surface area contributed by atoms with Crippen LogP contribution in [0.3, 0.4) is 0 Å². The fourth-order valence-corrected chi connectivity index (χ4v) is 2.69. The first kappa shape index (κ1) is 13.5. The van der Waals surface area contributed by atoms with Gasteiger partial charge in [0.05, 0.1) is 11.0 Å². The van der Waals surface area contributed by atoms with E-state index in [9.17, 15) is 10.1 Å². The third-order valence-corrected chi connectivity index (χ3v) is 3.86. The highest BCUT2D eigenvalue weighted by Crippen LogP contribution is 2.24. The Kier molecular flexibility index (Phi) is 4.76. The van der Waals surface area contributed by atoms with Crippen LogP contribution in [0.4, 0.5) is 11.4 Å². The summed E-state index contributed by atoms with van der Waals surface area (Å²) in [6, 6.07) is 4.86. The Balaban J connectivity index is 1.87. The van der Waals surface area contributed by atoms with E-state index < -0.39 is 0 Å². The Hall–Kier alpha value is -0.890. The summed E-state index contributed by atoms with van der Waals surface area (Å²) in [5.74, 6) is 0. The molecule has 0 aliphatic carbocycles. The van der Waals surface area contributed by atoms with Crippen LogP contribution >= 0.6 is 22.6 Å². The summed E-state index contributed by atoms with van der Waals surface area (Å²) in [5, 5.41) is 13.9. The Morgan fingerprint density at radius 1 is 1.56 bits per heavy atom. The molecule has 1 aliphatic heterocycles. The predicted octanol–water partition coefficient (Wildman–Crippen LogP) is 3.18. The first-order valence-corrected chi connectivity index (χ1v) is 7.04. The molecule has 18 heavy (non-hydrogen) atoms. The van der Waals surface area contributed by atoms with E-state index in [0.717, 1.165) is 41.7 Å². The van der Waals surface area contributed by atoms with Crippen LogP contribution < -0.4 is 5.32 Å². The Bertz CT molecular complexity index is 433. The van der Waals surface area contributed by atoms with Crippen LogP contribution in [0.1, 0.15) is 19.3 Å². The average molecular weight is 362 g/mol. The molecule has 1 heterocycles. The minimum atomic E-state index is -0.377. The van der Waals surface area contributed by atoms with E-state index in [1.165, 1.54) is 6.07 Å². The largest absolute Gasteiger partial charge is 0.384 e. The quantitative estimate of drug-likeness (QED) is 0.497. The number of anilines is 1. The van der Waals surface area contributed by atoms with Crippen LogP contribution in [-0.2, 0) is 4.74 Å². The molecule has 1 unspecified atom stereocenters. The third-order valence-electron chi connectivity index (χ3n) is 2.97. The molecular weight excluding hydrogens is 347 g/mol. The number of hydrogen-bond acceptors (Lipinski definition) is 4. The number of non-ortho nitro benzene ring substituents is 1. The molecule has 2 rings (SSSR count). The van der Waals surface area contributed by atoms with Gasteiger partial charge in [-0.05, 0) is 47.9 Å². The van der Waals surface area contributed by atoms with Gasteiger partial charge >= 0.3 is 0 Å². The van der Waals surface area contributed by atoms with Crippen molar-refractivity contribution in [2.45, 2.75) is 25.4 Å². The van der Waals surface area contributed by atoms with Crippen LogP contribution in [-0.4, -0.2) is 24.2 Å². The number of nitro groups is 1. The molecule has 1 N–H and O–H groups in total. The van der Waals surface area contributed by atoms with Gasteiger partial charge in [-0.1, -0.05) is 0 Å². The van der Waals surface area contributed by atoms with Gasteiger partial charge in [0, 0.05) is 34.5 Å². The smallest absolute Gasteiger partial charge is 0.270 e. The molecule has 0 radical (unpaired) electrons. The van der Waals surface area contributed by atoms with Crippen molar-refractivity contribution in [2.24, 2.45) is 0 Å². The maximum Gasteiger partial charge on any atom is 0.270 e. The van der Waals surface area contributed by atoms with E-state index in [-0.39, 0.29) is 10.6 Å². The summed E-state index contributed by atoms with van der Waals surface area (Å²) in [7, 11) is 0. The molecule has 1 aliphatic rings. The van der Waals surface area contributed by atoms with Crippen molar-refractivity contribution in [1.82, 2.24) is 0 Å². The first-order valence-electron chi connectivity index (χ1n) is 5.96. The second kappa shape index (κ2) is 6.33. The van der Waals surface area contributed by atoms with E-state index >= 15 is 0 Å². The molecule has 1 fully saturated rings. The van der Waals surface area contributed by atoms with Crippen molar-refractivity contribution in [2.75, 3.05) is 18.5 Å². The number of nitrogens with one attached hydrogen (secondary N) is 1. The van der Waals surface area contributed by atoms with Gasteiger partial charge in [0.15, 0.2) is 0 Å². The maximum absolute atomic E-state index is 10.6. The molecule has 0 saturated carbocycles. The summed E-state index contributed by atoms with van der Waals surface area (Å²) in [4.78, 5) is 10.2. The zero-order valence-electron chi connectivity index (χ0n) is 9.89. The highest BCUT2D eigenvalue weighted by atomic mass is 127. The number of ether oxygens (including phenoxy) is 1. The lowest BCUT2D eigenvalue weighted by atomic mass is 10.2. The summed E-state index contributed by atoms with van der Waals surface area (Å²) in [6.45, 7) is 1.71. The first-order chi connectivity index (χ1) is 8.66. The van der Waals surface area contributed by atoms with Gasteiger partial charge in [-0.15, -0.1) is 0 Å². The lowest BCUT2D eigenvalue weighted by molar-refractivity contribution is -0.384. The number of rotatable bonds is 5. The van der Waals surface area contributed by atoms with Crippen LogP contribution in [0.15, 0.2) is 18.2 Å². The molecule has 0 aromatic heterocycles. The zero-order valence-corrected chi connectivity index (χ0v) is 12.1. The van der Waals surface area contributed by atoms with Crippen LogP contribution in [0, 0.1) is 13.7 Å². The van der Waals surface area contributed by atoms with Gasteiger partial charge in [0.25, 0.3) is 5.69 Å². The van der Waals surface area contributed by atoms with E-state index in [4.69, 9.17) is 4.74 Å². The van der Waals surface area contributed by atoms with E-state index in [2.05, 4.69) is 27.9 Å². The average Bonchev–Trinajstić information content (AvgIpc) is 2.84. The third kappa shape index (κ3) is 3.55. The Morgan fingerprint density at radius 3 is 3.00 bits per heavy atom. The van der Waals surface area contributed by atoms with Crippen LogP contribution in [0.5, 0.6) is 0 Å².